The van der Waals surface area contributed by atoms with Gasteiger partial charge in [0.2, 0.25) is 5.91 Å². The molecule has 2 aromatic rings. The van der Waals surface area contributed by atoms with Crippen LogP contribution in [0.15, 0.2) is 48.5 Å². The Hall–Kier alpha value is -2.53. The third-order valence-corrected chi connectivity index (χ3v) is 5.55. The molecule has 0 bridgehead atoms. The van der Waals surface area contributed by atoms with Crippen LogP contribution in [0.25, 0.3) is 0 Å². The largest absolute Gasteiger partial charge is 0.351 e. The number of amides is 3. The van der Waals surface area contributed by atoms with E-state index in [-0.39, 0.29) is 11.9 Å². The van der Waals surface area contributed by atoms with Crippen LogP contribution < -0.4 is 10.6 Å². The SMILES string of the molecule is Cc1ccc(CNC(=O)[C@@]2(C)CCCN(C(=O)Nc3ccccc3Cl)C2)cc1. The number of carbonyl (C=O) groups excluding carboxylic acids is 2. The zero-order valence-electron chi connectivity index (χ0n) is 16.3. The van der Waals surface area contributed by atoms with E-state index >= 15 is 0 Å². The number of hydrogen-bond donors (Lipinski definition) is 2. The molecule has 2 aromatic carbocycles. The van der Waals surface area contributed by atoms with Gasteiger partial charge in [0.05, 0.1) is 16.1 Å². The molecule has 0 spiro atoms. The van der Waals surface area contributed by atoms with E-state index in [4.69, 9.17) is 11.6 Å². The van der Waals surface area contributed by atoms with Crippen LogP contribution in [0.4, 0.5) is 10.5 Å². The fourth-order valence-corrected chi connectivity index (χ4v) is 3.64. The monoisotopic (exact) mass is 399 g/mol. The van der Waals surface area contributed by atoms with Crippen molar-refractivity contribution in [3.8, 4) is 0 Å². The quantitative estimate of drug-likeness (QED) is 0.789. The number of para-hydroxylation sites is 1. The number of hydrogen-bond acceptors (Lipinski definition) is 2. The Morgan fingerprint density at radius 2 is 1.86 bits per heavy atom. The molecule has 148 valence electrons. The summed E-state index contributed by atoms with van der Waals surface area (Å²) in [5, 5.41) is 6.36. The van der Waals surface area contributed by atoms with Gasteiger partial charge in [0.25, 0.3) is 0 Å². The van der Waals surface area contributed by atoms with E-state index in [0.717, 1.165) is 18.4 Å². The van der Waals surface area contributed by atoms with Gasteiger partial charge in [-0.2, -0.15) is 0 Å². The second kappa shape index (κ2) is 8.65. The van der Waals surface area contributed by atoms with Crippen molar-refractivity contribution in [2.45, 2.75) is 33.2 Å². The maximum absolute atomic E-state index is 12.9. The van der Waals surface area contributed by atoms with Crippen molar-refractivity contribution in [2.24, 2.45) is 5.41 Å². The zero-order valence-corrected chi connectivity index (χ0v) is 17.1. The van der Waals surface area contributed by atoms with Gasteiger partial charge in [-0.05, 0) is 44.4 Å². The van der Waals surface area contributed by atoms with Crippen LogP contribution in [0.1, 0.15) is 30.9 Å². The Labute approximate surface area is 171 Å². The Bertz CT molecular complexity index is 853. The minimum Gasteiger partial charge on any atom is -0.351 e. The molecule has 0 aliphatic carbocycles. The Morgan fingerprint density at radius 1 is 1.14 bits per heavy atom. The standard InChI is InChI=1S/C22H26ClN3O2/c1-16-8-10-17(11-9-16)14-24-20(27)22(2)12-5-13-26(15-22)21(28)25-19-7-4-3-6-18(19)23/h3-4,6-11H,5,12-15H2,1-2H3,(H,24,27)(H,25,28)/t22-/m0/s1. The van der Waals surface area contributed by atoms with Gasteiger partial charge in [0.1, 0.15) is 0 Å². The van der Waals surface area contributed by atoms with Crippen molar-refractivity contribution in [3.05, 3.63) is 64.7 Å². The van der Waals surface area contributed by atoms with Crippen LogP contribution in [-0.2, 0) is 11.3 Å². The summed E-state index contributed by atoms with van der Waals surface area (Å²) in [6.07, 6.45) is 1.53. The number of carbonyl (C=O) groups is 2. The topological polar surface area (TPSA) is 61.4 Å². The van der Waals surface area contributed by atoms with Gasteiger partial charge >= 0.3 is 6.03 Å². The van der Waals surface area contributed by atoms with Gasteiger partial charge in [-0.15, -0.1) is 0 Å². The number of aryl methyl sites for hydroxylation is 1. The summed E-state index contributed by atoms with van der Waals surface area (Å²) < 4.78 is 0. The fraction of sp³-hybridized carbons (Fsp3) is 0.364. The van der Waals surface area contributed by atoms with Crippen molar-refractivity contribution in [3.63, 3.8) is 0 Å². The Morgan fingerprint density at radius 3 is 2.57 bits per heavy atom. The summed E-state index contributed by atoms with van der Waals surface area (Å²) >= 11 is 6.13. The lowest BCUT2D eigenvalue weighted by Crippen LogP contribution is -2.52. The van der Waals surface area contributed by atoms with Crippen LogP contribution in [0, 0.1) is 12.3 Å². The second-order valence-corrected chi connectivity index (χ2v) is 8.07. The molecule has 6 heteroatoms. The number of benzene rings is 2. The summed E-state index contributed by atoms with van der Waals surface area (Å²) in [5.41, 5.74) is 2.22. The van der Waals surface area contributed by atoms with E-state index in [1.807, 2.05) is 50.2 Å². The summed E-state index contributed by atoms with van der Waals surface area (Å²) in [7, 11) is 0. The molecule has 1 atom stereocenters. The van der Waals surface area contributed by atoms with Gasteiger partial charge in [-0.3, -0.25) is 4.79 Å². The molecule has 1 saturated heterocycles. The lowest BCUT2D eigenvalue weighted by atomic mass is 9.81. The van der Waals surface area contributed by atoms with E-state index in [1.165, 1.54) is 5.56 Å². The molecule has 1 aliphatic rings. The molecule has 3 amide bonds. The third kappa shape index (κ3) is 4.84. The number of halogens is 1. The normalized spacial score (nSPS) is 19.2. The maximum Gasteiger partial charge on any atom is 0.321 e. The average Bonchev–Trinajstić information content (AvgIpc) is 2.69. The van der Waals surface area contributed by atoms with E-state index in [1.54, 1.807) is 17.0 Å². The van der Waals surface area contributed by atoms with Gasteiger partial charge in [0.15, 0.2) is 0 Å². The first-order chi connectivity index (χ1) is 13.4. The summed E-state index contributed by atoms with van der Waals surface area (Å²) in [6.45, 7) is 5.45. The van der Waals surface area contributed by atoms with Crippen molar-refractivity contribution >= 4 is 29.2 Å². The van der Waals surface area contributed by atoms with Crippen LogP contribution in [-0.4, -0.2) is 29.9 Å². The van der Waals surface area contributed by atoms with E-state index in [0.29, 0.717) is 30.3 Å². The molecule has 1 fully saturated rings. The molecule has 28 heavy (non-hydrogen) atoms. The van der Waals surface area contributed by atoms with Crippen molar-refractivity contribution in [1.29, 1.82) is 0 Å². The Balaban J connectivity index is 1.60. The number of rotatable bonds is 4. The molecular weight excluding hydrogens is 374 g/mol. The van der Waals surface area contributed by atoms with Crippen LogP contribution in [0.5, 0.6) is 0 Å². The third-order valence-electron chi connectivity index (χ3n) is 5.22. The first-order valence-electron chi connectivity index (χ1n) is 9.52. The van der Waals surface area contributed by atoms with Crippen molar-refractivity contribution in [2.75, 3.05) is 18.4 Å². The highest BCUT2D eigenvalue weighted by Gasteiger charge is 2.39. The molecule has 0 aromatic heterocycles. The fourth-order valence-electron chi connectivity index (χ4n) is 3.46. The molecule has 1 aliphatic heterocycles. The minimum absolute atomic E-state index is 0.0247. The number of nitrogens with zero attached hydrogens (tertiary/aromatic N) is 1. The first kappa shape index (κ1) is 20.2. The highest BCUT2D eigenvalue weighted by Crippen LogP contribution is 2.30. The molecule has 2 N–H and O–H groups in total. The number of anilines is 1. The van der Waals surface area contributed by atoms with Crippen LogP contribution in [0.2, 0.25) is 5.02 Å². The smallest absolute Gasteiger partial charge is 0.321 e. The van der Waals surface area contributed by atoms with Gasteiger partial charge in [-0.1, -0.05) is 53.6 Å². The van der Waals surface area contributed by atoms with E-state index < -0.39 is 5.41 Å². The van der Waals surface area contributed by atoms with Gasteiger partial charge < -0.3 is 15.5 Å². The predicted octanol–water partition coefficient (Wildman–Crippen LogP) is 4.60. The lowest BCUT2D eigenvalue weighted by molar-refractivity contribution is -0.132. The molecular formula is C22H26ClN3O2. The summed E-state index contributed by atoms with van der Waals surface area (Å²) in [6, 6.07) is 15.0. The number of likely N-dealkylation sites (tertiary alicyclic amines) is 1. The highest BCUT2D eigenvalue weighted by atomic mass is 35.5. The van der Waals surface area contributed by atoms with Crippen molar-refractivity contribution in [1.82, 2.24) is 10.2 Å². The second-order valence-electron chi connectivity index (χ2n) is 7.66. The van der Waals surface area contributed by atoms with E-state index in [2.05, 4.69) is 10.6 Å². The summed E-state index contributed by atoms with van der Waals surface area (Å²) in [5.74, 6) is -0.0247. The van der Waals surface area contributed by atoms with Crippen LogP contribution >= 0.6 is 11.6 Å². The highest BCUT2D eigenvalue weighted by molar-refractivity contribution is 6.33. The number of urea groups is 1. The molecule has 5 nitrogen and oxygen atoms in total. The Kier molecular flexibility index (Phi) is 6.25. The van der Waals surface area contributed by atoms with Crippen molar-refractivity contribution < 1.29 is 9.59 Å². The molecule has 0 radical (unpaired) electrons. The molecule has 0 saturated carbocycles. The van der Waals surface area contributed by atoms with E-state index in [9.17, 15) is 9.59 Å². The number of nitrogens with one attached hydrogen (secondary N) is 2. The van der Waals surface area contributed by atoms with Gasteiger partial charge in [0, 0.05) is 19.6 Å². The minimum atomic E-state index is -0.610. The molecule has 1 heterocycles. The maximum atomic E-state index is 12.9. The summed E-state index contributed by atoms with van der Waals surface area (Å²) in [4.78, 5) is 27.2. The first-order valence-corrected chi connectivity index (χ1v) is 9.89. The zero-order chi connectivity index (χ0) is 20.1. The molecule has 0 unspecified atom stereocenters. The predicted molar refractivity (Wildman–Crippen MR) is 112 cm³/mol. The lowest BCUT2D eigenvalue weighted by Gasteiger charge is -2.39. The number of piperidine rings is 1. The molecule has 3 rings (SSSR count). The average molecular weight is 400 g/mol. The van der Waals surface area contributed by atoms with Gasteiger partial charge in [-0.25, -0.2) is 4.79 Å². The van der Waals surface area contributed by atoms with Crippen LogP contribution in [0.3, 0.4) is 0 Å².